The molecule has 5 aliphatic rings. The van der Waals surface area contributed by atoms with Crippen LogP contribution in [-0.4, -0.2) is 75.8 Å². The van der Waals surface area contributed by atoms with Crippen molar-refractivity contribution in [3.63, 3.8) is 0 Å². The Morgan fingerprint density at radius 3 is 2.51 bits per heavy atom. The number of ether oxygens (including phenoxy) is 1. The van der Waals surface area contributed by atoms with E-state index >= 15 is 0 Å². The number of nitrogens with two attached hydrogens (primary N) is 1. The van der Waals surface area contributed by atoms with Gasteiger partial charge in [-0.2, -0.15) is 0 Å². The van der Waals surface area contributed by atoms with Crippen LogP contribution in [0.25, 0.3) is 0 Å². The topological polar surface area (TPSA) is 174 Å². The van der Waals surface area contributed by atoms with Gasteiger partial charge in [0.05, 0.1) is 30.5 Å². The number of hydrogen-bond acceptors (Lipinski definition) is 9. The minimum absolute atomic E-state index is 0.00346. The SMILES string of the molecule is C=C1/C=C/C=C(\[C@H]2CC[C@@]3([C@@H]4CC[C@H](O)Cc5cc(cc(Cc6ccccc6)c5)CC[C@H](O)CN[C@@H]5C(=O)N[C@H](N)c6cccc(c65)CC(=O)C(C)=C4CC[C@@]3(C)O)[C@@H]2O)COCC#CC/C(C)=C/CC1. The first-order chi connectivity index (χ1) is 34.1. The van der Waals surface area contributed by atoms with Crippen LogP contribution < -0.4 is 16.4 Å². The lowest BCUT2D eigenvalue weighted by Gasteiger charge is -2.56. The van der Waals surface area contributed by atoms with Crippen molar-refractivity contribution < 1.29 is 34.8 Å². The number of aryl methyl sites for hydroxylation is 1. The highest BCUT2D eigenvalue weighted by atomic mass is 16.5. The Kier molecular flexibility index (Phi) is 17.0. The van der Waals surface area contributed by atoms with E-state index in [0.717, 1.165) is 46.3 Å². The van der Waals surface area contributed by atoms with Crippen molar-refractivity contribution in [3.8, 4) is 11.8 Å². The van der Waals surface area contributed by atoms with E-state index in [2.05, 4.69) is 72.4 Å². The van der Waals surface area contributed by atoms with E-state index < -0.39 is 47.5 Å². The fourth-order valence-corrected chi connectivity index (χ4v) is 12.5. The van der Waals surface area contributed by atoms with Gasteiger partial charge >= 0.3 is 0 Å². The molecule has 3 aliphatic heterocycles. The number of fused-ring (bicyclic) bond motifs is 4. The van der Waals surface area contributed by atoms with Gasteiger partial charge in [0.1, 0.15) is 18.8 Å². The van der Waals surface area contributed by atoms with Gasteiger partial charge in [0.15, 0.2) is 5.78 Å². The van der Waals surface area contributed by atoms with Gasteiger partial charge in [-0.15, -0.1) is 0 Å². The van der Waals surface area contributed by atoms with Gasteiger partial charge in [0.2, 0.25) is 5.91 Å². The maximum Gasteiger partial charge on any atom is 0.243 e. The van der Waals surface area contributed by atoms with Gasteiger partial charge in [0.25, 0.3) is 0 Å². The van der Waals surface area contributed by atoms with Crippen molar-refractivity contribution >= 4 is 11.7 Å². The number of amides is 1. The number of carbonyl (C=O) groups is 2. The maximum absolute atomic E-state index is 14.9. The van der Waals surface area contributed by atoms with Crippen molar-refractivity contribution in [2.75, 3.05) is 19.8 Å². The first-order valence-electron chi connectivity index (χ1n) is 25.9. The van der Waals surface area contributed by atoms with Crippen LogP contribution in [-0.2, 0) is 40.0 Å². The molecule has 1 spiro atoms. The molecule has 2 bridgehead atoms. The molecule has 376 valence electrons. The minimum Gasteiger partial charge on any atom is -0.393 e. The number of ketones is 1. The third-order valence-electron chi connectivity index (χ3n) is 16.3. The van der Waals surface area contributed by atoms with Crippen molar-refractivity contribution in [2.45, 2.75) is 147 Å². The summed E-state index contributed by atoms with van der Waals surface area (Å²) < 4.78 is 6.20. The number of rotatable bonds is 3. The van der Waals surface area contributed by atoms with Crippen molar-refractivity contribution in [3.05, 3.63) is 164 Å². The molecule has 8 rings (SSSR count). The molecular weight excluding hydrogens is 887 g/mol. The zero-order chi connectivity index (χ0) is 50.3. The van der Waals surface area contributed by atoms with Crippen molar-refractivity contribution in [1.82, 2.24) is 10.6 Å². The van der Waals surface area contributed by atoms with E-state index in [1.807, 2.05) is 68.5 Å². The number of hydrogen-bond donors (Lipinski definition) is 7. The summed E-state index contributed by atoms with van der Waals surface area (Å²) in [5, 5.41) is 55.7. The summed E-state index contributed by atoms with van der Waals surface area (Å²) in [6.07, 6.45) is 12.1. The Morgan fingerprint density at radius 1 is 0.887 bits per heavy atom. The average molecular weight is 962 g/mol. The highest BCUT2D eigenvalue weighted by Crippen LogP contribution is 2.63. The summed E-state index contributed by atoms with van der Waals surface area (Å²) in [4.78, 5) is 28.7. The summed E-state index contributed by atoms with van der Waals surface area (Å²) in [6.45, 7) is 10.7. The fraction of sp³-hybridized carbons (Fsp3) is 0.475. The number of allylic oxidation sites excluding steroid dienone is 8. The standard InChI is InChI=1S/C61H75N3O7/c1-39-13-8-9-30-71-38-47(20-11-16-40(2)15-10-14-39)51-27-29-61(57(51)68)53-25-24-48(65)35-45-33-43(32-44(34-45)31-42-17-6-5-7-18-42)22-23-49(66)37-63-56-55-46(19-12-21-52(55)58(62)64-59(56)69)36-54(67)41(3)50(53)26-28-60(61,4)70/h5-7,11-12,14,16-21,32-34,48-49,51,53,56-58,63,65-66,68,70H,2,10,13,15,22-31,35-38,62H2,1,3-4H3,(H,64,69)/b16-11+,39-14+,47-20-,50-41?/t48-,49-,51+,53+,56-,57+,58-,60+,61+/m0/s1. The highest BCUT2D eigenvalue weighted by Gasteiger charge is 2.64. The van der Waals surface area contributed by atoms with Crippen LogP contribution in [0, 0.1) is 29.1 Å². The van der Waals surface area contributed by atoms with Crippen molar-refractivity contribution in [2.24, 2.45) is 23.0 Å². The number of benzene rings is 3. The van der Waals surface area contributed by atoms with Gasteiger partial charge in [-0.05, 0) is 154 Å². The van der Waals surface area contributed by atoms with E-state index in [0.29, 0.717) is 92.9 Å². The van der Waals surface area contributed by atoms with E-state index in [1.54, 1.807) is 0 Å². The summed E-state index contributed by atoms with van der Waals surface area (Å²) in [5.41, 5.74) is 15.1. The zero-order valence-electron chi connectivity index (χ0n) is 42.0. The maximum atomic E-state index is 14.9. The molecular formula is C61H75N3O7. The Labute approximate surface area is 421 Å². The molecule has 71 heavy (non-hydrogen) atoms. The molecule has 10 nitrogen and oxygen atoms in total. The predicted molar refractivity (Wildman–Crippen MR) is 280 cm³/mol. The molecule has 0 radical (unpaired) electrons. The number of carbonyl (C=O) groups excluding carboxylic acids is 2. The molecule has 10 heteroatoms. The lowest BCUT2D eigenvalue weighted by molar-refractivity contribution is -0.168. The molecule has 9 atom stereocenters. The minimum atomic E-state index is -1.31. The van der Waals surface area contributed by atoms with Crippen LogP contribution in [0.4, 0.5) is 0 Å². The van der Waals surface area contributed by atoms with Crippen LogP contribution in [0.3, 0.4) is 0 Å². The van der Waals surface area contributed by atoms with Crippen LogP contribution in [0.5, 0.6) is 0 Å². The zero-order valence-corrected chi connectivity index (χ0v) is 42.0. The largest absolute Gasteiger partial charge is 0.393 e. The molecule has 2 saturated carbocycles. The molecule has 8 N–H and O–H groups in total. The van der Waals surface area contributed by atoms with Crippen LogP contribution in [0.2, 0.25) is 0 Å². The van der Waals surface area contributed by atoms with Crippen LogP contribution in [0.1, 0.15) is 136 Å². The third-order valence-corrected chi connectivity index (χ3v) is 16.3. The van der Waals surface area contributed by atoms with Gasteiger partial charge in [0, 0.05) is 30.7 Å². The smallest absolute Gasteiger partial charge is 0.243 e. The lowest BCUT2D eigenvalue weighted by atomic mass is 9.52. The Bertz CT molecular complexity index is 2630. The molecule has 0 unspecified atom stereocenters. The monoisotopic (exact) mass is 962 g/mol. The van der Waals surface area contributed by atoms with Gasteiger partial charge in [-0.3, -0.25) is 14.9 Å². The molecule has 2 aliphatic carbocycles. The van der Waals surface area contributed by atoms with Crippen LogP contribution >= 0.6 is 0 Å². The van der Waals surface area contributed by atoms with Gasteiger partial charge in [-0.25, -0.2) is 0 Å². The molecule has 1 amide bonds. The number of nitrogens with one attached hydrogen (secondary N) is 2. The summed E-state index contributed by atoms with van der Waals surface area (Å²) >= 11 is 0. The van der Waals surface area contributed by atoms with E-state index in [1.165, 1.54) is 11.1 Å². The van der Waals surface area contributed by atoms with Crippen LogP contribution in [0.15, 0.2) is 125 Å². The van der Waals surface area contributed by atoms with E-state index in [9.17, 15) is 30.0 Å². The predicted octanol–water partition coefficient (Wildman–Crippen LogP) is 8.22. The molecule has 0 saturated heterocycles. The molecule has 0 aromatic heterocycles. The number of aliphatic hydroxyl groups excluding tert-OH is 3. The summed E-state index contributed by atoms with van der Waals surface area (Å²) in [7, 11) is 0. The lowest BCUT2D eigenvalue weighted by Crippen LogP contribution is -2.59. The number of aliphatic hydroxyl groups is 4. The first kappa shape index (κ1) is 52.1. The second kappa shape index (κ2) is 23.1. The van der Waals surface area contributed by atoms with E-state index in [4.69, 9.17) is 10.5 Å². The molecule has 3 heterocycles. The second-order valence-corrected chi connectivity index (χ2v) is 21.3. The normalized spacial score (nSPS) is 32.6. The third kappa shape index (κ3) is 12.0. The quantitative estimate of drug-likeness (QED) is 0.101. The highest BCUT2D eigenvalue weighted by molar-refractivity contribution is 5.98. The second-order valence-electron chi connectivity index (χ2n) is 21.3. The average Bonchev–Trinajstić information content (AvgIpc) is 3.68. The van der Waals surface area contributed by atoms with E-state index in [-0.39, 0.29) is 43.8 Å². The fourth-order valence-electron chi connectivity index (χ4n) is 12.5. The summed E-state index contributed by atoms with van der Waals surface area (Å²) in [6, 6.07) is 21.5. The van der Waals surface area contributed by atoms with Gasteiger partial charge < -0.3 is 36.2 Å². The molecule has 2 fully saturated rings. The number of β-amino-alcohol motifs (C(OH)–C–C–N with tert-alkyl or cyclic N) is 1. The Balaban J connectivity index is 1.19. The van der Waals surface area contributed by atoms with Crippen molar-refractivity contribution in [1.29, 1.82) is 0 Å². The first-order valence-corrected chi connectivity index (χ1v) is 25.9. The Hall–Kier alpha value is -5.22. The molecule has 3 aromatic rings. The number of Topliss-reactive ketones (excluding diaryl/α,β-unsaturated/α-hetero) is 1. The summed E-state index contributed by atoms with van der Waals surface area (Å²) in [5.74, 6) is 5.14. The Morgan fingerprint density at radius 2 is 1.69 bits per heavy atom. The van der Waals surface area contributed by atoms with Gasteiger partial charge in [-0.1, -0.05) is 126 Å². The molecule has 3 aromatic carbocycles.